The number of hydrogen-bond donors (Lipinski definition) is 1. The summed E-state index contributed by atoms with van der Waals surface area (Å²) in [6.07, 6.45) is 0. The summed E-state index contributed by atoms with van der Waals surface area (Å²) < 4.78 is 12.6. The fraction of sp³-hybridized carbons (Fsp3) is 0.250. The van der Waals surface area contributed by atoms with Gasteiger partial charge in [-0.2, -0.15) is 0 Å². The molecule has 0 fully saturated rings. The van der Waals surface area contributed by atoms with Gasteiger partial charge in [0, 0.05) is 21.1 Å². The number of hydrogen-bond acceptors (Lipinski definition) is 2. The van der Waals surface area contributed by atoms with Crippen molar-refractivity contribution in [2.75, 3.05) is 5.32 Å². The van der Waals surface area contributed by atoms with E-state index in [0.29, 0.717) is 19.8 Å². The minimum atomic E-state index is -1.34. The van der Waals surface area contributed by atoms with Crippen molar-refractivity contribution >= 4 is 39.7 Å². The predicted molar refractivity (Wildman–Crippen MR) is 91.0 cm³/mol. The van der Waals surface area contributed by atoms with Crippen LogP contribution >= 0.6 is 23.2 Å². The van der Waals surface area contributed by atoms with E-state index in [1.165, 1.54) is 0 Å². The summed E-state index contributed by atoms with van der Waals surface area (Å²) in [6.45, 7) is 6.26. The van der Waals surface area contributed by atoms with Crippen LogP contribution in [0.15, 0.2) is 52.3 Å². The van der Waals surface area contributed by atoms with Gasteiger partial charge >= 0.3 is 0 Å². The maximum Gasteiger partial charge on any atom is 0.0865 e. The Morgan fingerprint density at radius 2 is 1.62 bits per heavy atom. The summed E-state index contributed by atoms with van der Waals surface area (Å²) in [5.41, 5.74) is 0.970. The topological polar surface area (TPSA) is 29.1 Å². The van der Waals surface area contributed by atoms with Crippen LogP contribution in [0.2, 0.25) is 10.0 Å². The Bertz CT molecular complexity index is 663. The standard InChI is InChI=1S/C16H17Cl2NOS/c1-16(2,3)19-12-5-7-13(8-6-12)21(20)15-10-11(17)4-9-14(15)18/h4-10,19H,1-3H3. The third kappa shape index (κ3) is 4.47. The van der Waals surface area contributed by atoms with E-state index in [4.69, 9.17) is 23.2 Å². The van der Waals surface area contributed by atoms with E-state index in [9.17, 15) is 4.21 Å². The fourth-order valence-electron chi connectivity index (χ4n) is 1.84. The zero-order valence-corrected chi connectivity index (χ0v) is 14.4. The molecule has 1 unspecified atom stereocenters. The van der Waals surface area contributed by atoms with Crippen molar-refractivity contribution in [1.82, 2.24) is 0 Å². The number of rotatable bonds is 3. The van der Waals surface area contributed by atoms with Crippen molar-refractivity contribution in [1.29, 1.82) is 0 Å². The first kappa shape index (κ1) is 16.3. The maximum atomic E-state index is 12.6. The van der Waals surface area contributed by atoms with Gasteiger partial charge in [-0.3, -0.25) is 0 Å². The van der Waals surface area contributed by atoms with Crippen LogP contribution in [0, 0.1) is 0 Å². The average molecular weight is 342 g/mol. The van der Waals surface area contributed by atoms with Crippen molar-refractivity contribution in [2.24, 2.45) is 0 Å². The van der Waals surface area contributed by atoms with Gasteiger partial charge in [0.1, 0.15) is 0 Å². The molecule has 0 aliphatic rings. The van der Waals surface area contributed by atoms with Crippen LogP contribution in [0.5, 0.6) is 0 Å². The van der Waals surface area contributed by atoms with Gasteiger partial charge in [-0.05, 0) is 63.2 Å². The Morgan fingerprint density at radius 3 is 2.19 bits per heavy atom. The summed E-state index contributed by atoms with van der Waals surface area (Å²) in [6, 6.07) is 12.5. The van der Waals surface area contributed by atoms with E-state index in [-0.39, 0.29) is 5.54 Å². The number of nitrogens with one attached hydrogen (secondary N) is 1. The lowest BCUT2D eigenvalue weighted by molar-refractivity contribution is 0.634. The van der Waals surface area contributed by atoms with Crippen molar-refractivity contribution in [3.8, 4) is 0 Å². The van der Waals surface area contributed by atoms with Crippen LogP contribution in [0.4, 0.5) is 5.69 Å². The molecule has 1 N–H and O–H groups in total. The van der Waals surface area contributed by atoms with Crippen molar-refractivity contribution in [3.63, 3.8) is 0 Å². The van der Waals surface area contributed by atoms with Crippen LogP contribution in [0.3, 0.4) is 0 Å². The van der Waals surface area contributed by atoms with Crippen LogP contribution in [0.25, 0.3) is 0 Å². The second kappa shape index (κ2) is 6.39. The Morgan fingerprint density at radius 1 is 1.00 bits per heavy atom. The summed E-state index contributed by atoms with van der Waals surface area (Å²) in [5.74, 6) is 0. The Balaban J connectivity index is 2.26. The minimum Gasteiger partial charge on any atom is -0.380 e. The molecule has 0 saturated carbocycles. The van der Waals surface area contributed by atoms with Gasteiger partial charge in [0.2, 0.25) is 0 Å². The highest BCUT2D eigenvalue weighted by molar-refractivity contribution is 7.85. The monoisotopic (exact) mass is 341 g/mol. The molecular formula is C16H17Cl2NOS. The summed E-state index contributed by atoms with van der Waals surface area (Å²) >= 11 is 12.0. The molecule has 21 heavy (non-hydrogen) atoms. The molecule has 2 aromatic carbocycles. The normalized spacial score (nSPS) is 13.0. The van der Waals surface area contributed by atoms with E-state index < -0.39 is 10.8 Å². The quantitative estimate of drug-likeness (QED) is 0.812. The highest BCUT2D eigenvalue weighted by Crippen LogP contribution is 2.28. The van der Waals surface area contributed by atoms with Crippen molar-refractivity contribution in [2.45, 2.75) is 36.1 Å². The minimum absolute atomic E-state index is 0.0169. The molecule has 0 aliphatic carbocycles. The van der Waals surface area contributed by atoms with Crippen LogP contribution in [0.1, 0.15) is 20.8 Å². The smallest absolute Gasteiger partial charge is 0.0865 e. The number of anilines is 1. The van der Waals surface area contributed by atoms with E-state index in [1.807, 2.05) is 24.3 Å². The molecule has 0 spiro atoms. The largest absolute Gasteiger partial charge is 0.380 e. The second-order valence-electron chi connectivity index (χ2n) is 5.74. The molecule has 1 atom stereocenters. The van der Waals surface area contributed by atoms with Gasteiger partial charge in [-0.1, -0.05) is 23.2 Å². The maximum absolute atomic E-state index is 12.6. The molecule has 0 aliphatic heterocycles. The predicted octanol–water partition coefficient (Wildman–Crippen LogP) is 5.37. The zero-order chi connectivity index (χ0) is 15.6. The highest BCUT2D eigenvalue weighted by Gasteiger charge is 2.13. The lowest BCUT2D eigenvalue weighted by Gasteiger charge is -2.22. The molecule has 0 amide bonds. The third-order valence-electron chi connectivity index (χ3n) is 2.68. The van der Waals surface area contributed by atoms with E-state index in [1.54, 1.807) is 18.2 Å². The molecule has 0 saturated heterocycles. The highest BCUT2D eigenvalue weighted by atomic mass is 35.5. The zero-order valence-electron chi connectivity index (χ0n) is 12.1. The SMILES string of the molecule is CC(C)(C)Nc1ccc(S(=O)c2cc(Cl)ccc2Cl)cc1. The van der Waals surface area contributed by atoms with E-state index in [2.05, 4.69) is 26.1 Å². The van der Waals surface area contributed by atoms with E-state index >= 15 is 0 Å². The first-order valence-corrected chi connectivity index (χ1v) is 8.42. The molecule has 112 valence electrons. The molecule has 0 radical (unpaired) electrons. The van der Waals surface area contributed by atoms with Crippen LogP contribution in [-0.4, -0.2) is 9.75 Å². The van der Waals surface area contributed by atoms with Gasteiger partial charge in [0.05, 0.1) is 20.7 Å². The Kier molecular flexibility index (Phi) is 4.97. The molecular weight excluding hydrogens is 325 g/mol. The summed E-state index contributed by atoms with van der Waals surface area (Å²) in [5, 5.41) is 4.34. The Hall–Kier alpha value is -1.03. The van der Waals surface area contributed by atoms with Gasteiger partial charge in [0.15, 0.2) is 0 Å². The van der Waals surface area contributed by atoms with Gasteiger partial charge in [-0.15, -0.1) is 0 Å². The van der Waals surface area contributed by atoms with E-state index in [0.717, 1.165) is 5.69 Å². The molecule has 2 aromatic rings. The molecule has 5 heteroatoms. The van der Waals surface area contributed by atoms with Crippen LogP contribution < -0.4 is 5.32 Å². The molecule has 0 aromatic heterocycles. The first-order valence-electron chi connectivity index (χ1n) is 6.51. The van der Waals surface area contributed by atoms with Crippen LogP contribution in [-0.2, 0) is 10.8 Å². The Labute approximate surface area is 137 Å². The van der Waals surface area contributed by atoms with Crippen molar-refractivity contribution < 1.29 is 4.21 Å². The fourth-order valence-corrected chi connectivity index (χ4v) is 3.52. The lowest BCUT2D eigenvalue weighted by atomic mass is 10.1. The first-order chi connectivity index (χ1) is 9.76. The van der Waals surface area contributed by atoms with Gasteiger partial charge in [0.25, 0.3) is 0 Å². The lowest BCUT2D eigenvalue weighted by Crippen LogP contribution is -2.25. The second-order valence-corrected chi connectivity index (χ2v) is 8.04. The number of benzene rings is 2. The number of halogens is 2. The molecule has 0 bridgehead atoms. The summed E-state index contributed by atoms with van der Waals surface area (Å²) in [4.78, 5) is 1.22. The molecule has 2 rings (SSSR count). The average Bonchev–Trinajstić information content (AvgIpc) is 2.40. The van der Waals surface area contributed by atoms with Gasteiger partial charge < -0.3 is 5.32 Å². The van der Waals surface area contributed by atoms with Crippen molar-refractivity contribution in [3.05, 3.63) is 52.5 Å². The van der Waals surface area contributed by atoms with Gasteiger partial charge in [-0.25, -0.2) is 4.21 Å². The molecule has 2 nitrogen and oxygen atoms in total. The third-order valence-corrected chi connectivity index (χ3v) is 4.80. The summed E-state index contributed by atoms with van der Waals surface area (Å²) in [7, 11) is -1.34. The molecule has 0 heterocycles.